The van der Waals surface area contributed by atoms with Gasteiger partial charge >= 0.3 is 11.9 Å². The predicted octanol–water partition coefficient (Wildman–Crippen LogP) is 10.6. The average Bonchev–Trinajstić information content (AvgIpc) is 3.17. The number of ether oxygens (including phenoxy) is 1. The molecule has 0 N–H and O–H groups in total. The summed E-state index contributed by atoms with van der Waals surface area (Å²) in [6, 6.07) is 0. The molecular formula is C32H60O3. The van der Waals surface area contributed by atoms with E-state index < -0.39 is 0 Å². The van der Waals surface area contributed by atoms with Gasteiger partial charge < -0.3 is 4.74 Å². The van der Waals surface area contributed by atoms with Crippen molar-refractivity contribution in [3.05, 3.63) is 0 Å². The molecule has 1 unspecified atom stereocenters. The topological polar surface area (TPSA) is 43.4 Å². The van der Waals surface area contributed by atoms with E-state index in [1.54, 1.807) is 0 Å². The first kappa shape index (κ1) is 32.2. The maximum absolute atomic E-state index is 11.4. The largest absolute Gasteiger partial charge is 0.393 e. The van der Waals surface area contributed by atoms with Crippen molar-refractivity contribution in [3.63, 3.8) is 0 Å². The molecule has 1 rings (SSSR count). The fourth-order valence-electron chi connectivity index (χ4n) is 5.45. The Bertz CT molecular complexity index is 487. The second-order valence-electron chi connectivity index (χ2n) is 11.3. The van der Waals surface area contributed by atoms with Crippen LogP contribution in [0.3, 0.4) is 0 Å². The van der Waals surface area contributed by atoms with Crippen molar-refractivity contribution in [2.45, 2.75) is 187 Å². The molecular weight excluding hydrogens is 432 g/mol. The second-order valence-corrected chi connectivity index (χ2v) is 11.3. The summed E-state index contributed by atoms with van der Waals surface area (Å²) in [6.07, 6.45) is 37.6. The van der Waals surface area contributed by atoms with Crippen molar-refractivity contribution < 1.29 is 14.3 Å². The lowest BCUT2D eigenvalue weighted by Gasteiger charge is -2.05. The zero-order valence-electron chi connectivity index (χ0n) is 23.6. The summed E-state index contributed by atoms with van der Waals surface area (Å²) < 4.78 is 4.61. The van der Waals surface area contributed by atoms with E-state index in [2.05, 4.69) is 11.7 Å². The van der Waals surface area contributed by atoms with Gasteiger partial charge in [0.25, 0.3) is 0 Å². The van der Waals surface area contributed by atoms with Crippen molar-refractivity contribution in [1.29, 1.82) is 0 Å². The molecule has 206 valence electrons. The molecule has 1 atom stereocenters. The van der Waals surface area contributed by atoms with Gasteiger partial charge in [-0.1, -0.05) is 174 Å². The summed E-state index contributed by atoms with van der Waals surface area (Å²) in [4.78, 5) is 22.5. The summed E-state index contributed by atoms with van der Waals surface area (Å²) in [7, 11) is 0. The highest BCUT2D eigenvalue weighted by atomic mass is 16.6. The van der Waals surface area contributed by atoms with Gasteiger partial charge in [0, 0.05) is 0 Å². The Hall–Kier alpha value is -0.860. The lowest BCUT2D eigenvalue weighted by Crippen LogP contribution is -2.06. The molecule has 0 aromatic rings. The molecule has 0 aliphatic carbocycles. The molecule has 0 aromatic carbocycles. The molecule has 1 aliphatic heterocycles. The molecule has 3 nitrogen and oxygen atoms in total. The Balaban J connectivity index is 1.65. The molecule has 0 spiro atoms. The zero-order valence-corrected chi connectivity index (χ0v) is 23.6. The molecule has 0 aromatic heterocycles. The van der Waals surface area contributed by atoms with Crippen LogP contribution in [0.25, 0.3) is 0 Å². The number of carbonyl (C=O) groups excluding carboxylic acids is 2. The minimum atomic E-state index is -0.338. The van der Waals surface area contributed by atoms with Crippen LogP contribution in [-0.4, -0.2) is 11.9 Å². The average molecular weight is 493 g/mol. The fourth-order valence-corrected chi connectivity index (χ4v) is 5.45. The molecule has 35 heavy (non-hydrogen) atoms. The van der Waals surface area contributed by atoms with Gasteiger partial charge in [0.05, 0.1) is 12.3 Å². The molecule has 1 aliphatic rings. The van der Waals surface area contributed by atoms with E-state index in [4.69, 9.17) is 0 Å². The molecule has 1 saturated heterocycles. The van der Waals surface area contributed by atoms with Gasteiger partial charge in [-0.3, -0.25) is 9.59 Å². The predicted molar refractivity (Wildman–Crippen MR) is 150 cm³/mol. The van der Waals surface area contributed by atoms with Gasteiger partial charge in [-0.25, -0.2) is 0 Å². The monoisotopic (exact) mass is 492 g/mol. The number of unbranched alkanes of at least 4 members (excludes halogenated alkanes) is 25. The highest BCUT2D eigenvalue weighted by Gasteiger charge is 2.32. The van der Waals surface area contributed by atoms with E-state index in [9.17, 15) is 9.59 Å². The maximum atomic E-state index is 11.4. The van der Waals surface area contributed by atoms with Crippen molar-refractivity contribution in [2.75, 3.05) is 0 Å². The van der Waals surface area contributed by atoms with Crippen LogP contribution in [-0.2, 0) is 14.3 Å². The third-order valence-electron chi connectivity index (χ3n) is 7.87. The smallest absolute Gasteiger partial charge is 0.317 e. The van der Waals surface area contributed by atoms with Crippen LogP contribution in [0.1, 0.15) is 187 Å². The third-order valence-corrected chi connectivity index (χ3v) is 7.87. The second kappa shape index (κ2) is 24.8. The molecule has 1 heterocycles. The Morgan fingerprint density at radius 1 is 0.486 bits per heavy atom. The van der Waals surface area contributed by atoms with Crippen LogP contribution in [0.2, 0.25) is 0 Å². The Kier molecular flexibility index (Phi) is 22.8. The van der Waals surface area contributed by atoms with E-state index >= 15 is 0 Å². The SMILES string of the molecule is CCCCCCCCCCCCCCCCCCCCCCCCCCCCC1CC(=O)OC1=O. The van der Waals surface area contributed by atoms with Crippen molar-refractivity contribution in [2.24, 2.45) is 5.92 Å². The number of cyclic esters (lactones) is 2. The fraction of sp³-hybridized carbons (Fsp3) is 0.938. The van der Waals surface area contributed by atoms with Crippen LogP contribution in [0.4, 0.5) is 0 Å². The van der Waals surface area contributed by atoms with Crippen LogP contribution in [0, 0.1) is 5.92 Å². The summed E-state index contributed by atoms with van der Waals surface area (Å²) in [5.41, 5.74) is 0. The molecule has 0 saturated carbocycles. The molecule has 0 amide bonds. The Labute approximate surface area is 218 Å². The Morgan fingerprint density at radius 2 is 0.771 bits per heavy atom. The summed E-state index contributed by atoms with van der Waals surface area (Å²) in [5.74, 6) is -0.790. The van der Waals surface area contributed by atoms with E-state index in [1.807, 2.05) is 0 Å². The molecule has 0 radical (unpaired) electrons. The first-order valence-corrected chi connectivity index (χ1v) is 16.0. The van der Waals surface area contributed by atoms with Crippen molar-refractivity contribution in [3.8, 4) is 0 Å². The van der Waals surface area contributed by atoms with Gasteiger partial charge in [-0.15, -0.1) is 0 Å². The maximum Gasteiger partial charge on any atom is 0.317 e. The molecule has 3 heteroatoms. The van der Waals surface area contributed by atoms with E-state index in [1.165, 1.54) is 161 Å². The van der Waals surface area contributed by atoms with E-state index in [-0.39, 0.29) is 17.9 Å². The lowest BCUT2D eigenvalue weighted by atomic mass is 9.98. The van der Waals surface area contributed by atoms with Crippen LogP contribution in [0.15, 0.2) is 0 Å². The number of hydrogen-bond acceptors (Lipinski definition) is 3. The highest BCUT2D eigenvalue weighted by molar-refractivity contribution is 5.94. The molecule has 1 fully saturated rings. The minimum absolute atomic E-state index is 0.156. The number of rotatable bonds is 27. The summed E-state index contributed by atoms with van der Waals surface area (Å²) >= 11 is 0. The normalized spacial score (nSPS) is 15.7. The highest BCUT2D eigenvalue weighted by Crippen LogP contribution is 2.23. The zero-order chi connectivity index (χ0) is 25.2. The van der Waals surface area contributed by atoms with Gasteiger partial charge in [-0.2, -0.15) is 0 Å². The van der Waals surface area contributed by atoms with Crippen molar-refractivity contribution in [1.82, 2.24) is 0 Å². The van der Waals surface area contributed by atoms with Gasteiger partial charge in [0.15, 0.2) is 0 Å². The summed E-state index contributed by atoms with van der Waals surface area (Å²) in [5, 5.41) is 0. The van der Waals surface area contributed by atoms with Crippen LogP contribution in [0.5, 0.6) is 0 Å². The third kappa shape index (κ3) is 21.0. The van der Waals surface area contributed by atoms with Gasteiger partial charge in [0.1, 0.15) is 0 Å². The van der Waals surface area contributed by atoms with Gasteiger partial charge in [0.2, 0.25) is 0 Å². The number of hydrogen-bond donors (Lipinski definition) is 0. The van der Waals surface area contributed by atoms with Crippen LogP contribution < -0.4 is 0 Å². The number of esters is 2. The Morgan fingerprint density at radius 3 is 1.03 bits per heavy atom. The first-order chi connectivity index (χ1) is 17.2. The van der Waals surface area contributed by atoms with E-state index in [0.717, 1.165) is 12.8 Å². The lowest BCUT2D eigenvalue weighted by molar-refractivity contribution is -0.153. The van der Waals surface area contributed by atoms with Gasteiger partial charge in [-0.05, 0) is 6.42 Å². The van der Waals surface area contributed by atoms with Crippen molar-refractivity contribution >= 4 is 11.9 Å². The summed E-state index contributed by atoms with van der Waals surface area (Å²) in [6.45, 7) is 2.30. The van der Waals surface area contributed by atoms with Crippen LogP contribution >= 0.6 is 0 Å². The standard InChI is InChI=1S/C32H60O3/c1-2-3-4-5-6-7-8-9-10-11-12-13-14-15-16-17-18-19-20-21-22-23-24-25-26-27-28-30-29-31(33)35-32(30)34/h30H,2-29H2,1H3. The molecule has 0 bridgehead atoms. The quantitative estimate of drug-likeness (QED) is 0.0650. The minimum Gasteiger partial charge on any atom is -0.393 e. The van der Waals surface area contributed by atoms with E-state index in [0.29, 0.717) is 6.42 Å². The first-order valence-electron chi connectivity index (χ1n) is 16.0. The number of carbonyl (C=O) groups is 2.